The molecule has 1 aromatic carbocycles. The van der Waals surface area contributed by atoms with Crippen molar-refractivity contribution in [1.29, 1.82) is 0 Å². The largest absolute Gasteiger partial charge is 0.297 e. The van der Waals surface area contributed by atoms with Crippen LogP contribution >= 0.6 is 0 Å². The van der Waals surface area contributed by atoms with Crippen molar-refractivity contribution in [2.75, 3.05) is 0 Å². The van der Waals surface area contributed by atoms with E-state index in [4.69, 9.17) is 4.18 Å². The van der Waals surface area contributed by atoms with Gasteiger partial charge in [-0.25, -0.2) is 0 Å². The fourth-order valence-corrected chi connectivity index (χ4v) is 6.50. The maximum Gasteiger partial charge on any atom is 0.297 e. The van der Waals surface area contributed by atoms with Gasteiger partial charge in [-0.1, -0.05) is 37.8 Å². The van der Waals surface area contributed by atoms with E-state index in [2.05, 4.69) is 19.6 Å². The van der Waals surface area contributed by atoms with Crippen LogP contribution in [0.2, 0.25) is 19.6 Å². The monoisotopic (exact) mass is 284 g/mol. The SMILES string of the molecule is Cc1ccccc1S(=O)(=O)OC1([Si](C)(C)C)CC1. The number of hydrogen-bond acceptors (Lipinski definition) is 3. The maximum absolute atomic E-state index is 12.4. The Kier molecular flexibility index (Phi) is 3.20. The lowest BCUT2D eigenvalue weighted by Gasteiger charge is -2.28. The first-order chi connectivity index (χ1) is 8.18. The number of rotatable bonds is 4. The van der Waals surface area contributed by atoms with Gasteiger partial charge in [0, 0.05) is 0 Å². The summed E-state index contributed by atoms with van der Waals surface area (Å²) in [5.74, 6) is 0. The molecule has 0 saturated heterocycles. The molecule has 3 nitrogen and oxygen atoms in total. The number of hydrogen-bond donors (Lipinski definition) is 0. The molecule has 0 radical (unpaired) electrons. The third-order valence-electron chi connectivity index (χ3n) is 3.70. The Balaban J connectivity index is 2.33. The van der Waals surface area contributed by atoms with Crippen LogP contribution in [-0.4, -0.2) is 21.7 Å². The number of aryl methyl sites for hydroxylation is 1. The molecule has 1 fully saturated rings. The molecule has 1 aliphatic rings. The second-order valence-corrected chi connectivity index (χ2v) is 13.0. The summed E-state index contributed by atoms with van der Waals surface area (Å²) in [7, 11) is -5.27. The van der Waals surface area contributed by atoms with E-state index in [0.717, 1.165) is 18.4 Å². The minimum atomic E-state index is -3.63. The van der Waals surface area contributed by atoms with Crippen molar-refractivity contribution in [2.24, 2.45) is 0 Å². The predicted octanol–water partition coefficient (Wildman–Crippen LogP) is 3.11. The van der Waals surface area contributed by atoms with E-state index in [9.17, 15) is 8.42 Å². The van der Waals surface area contributed by atoms with Crippen LogP contribution in [0.3, 0.4) is 0 Å². The molecule has 2 rings (SSSR count). The minimum Gasteiger partial charge on any atom is -0.263 e. The lowest BCUT2D eigenvalue weighted by molar-refractivity contribution is 0.257. The topological polar surface area (TPSA) is 43.4 Å². The van der Waals surface area contributed by atoms with Crippen molar-refractivity contribution in [1.82, 2.24) is 0 Å². The van der Waals surface area contributed by atoms with Crippen LogP contribution in [0.25, 0.3) is 0 Å². The van der Waals surface area contributed by atoms with Gasteiger partial charge in [0.15, 0.2) is 0 Å². The highest BCUT2D eigenvalue weighted by molar-refractivity contribution is 7.87. The highest BCUT2D eigenvalue weighted by atomic mass is 32.2. The van der Waals surface area contributed by atoms with Crippen molar-refractivity contribution in [2.45, 2.75) is 49.5 Å². The van der Waals surface area contributed by atoms with Gasteiger partial charge in [-0.05, 0) is 31.4 Å². The molecule has 5 heteroatoms. The van der Waals surface area contributed by atoms with Crippen molar-refractivity contribution >= 4 is 18.2 Å². The fourth-order valence-electron chi connectivity index (χ4n) is 2.16. The molecule has 0 aliphatic heterocycles. The standard InChI is InChI=1S/C13H20O3SSi/c1-11-7-5-6-8-12(11)17(14,15)16-13(9-10-13)18(2,3)4/h5-8H,9-10H2,1-4H3. The molecule has 0 amide bonds. The van der Waals surface area contributed by atoms with E-state index in [0.29, 0.717) is 4.90 Å². The lowest BCUT2D eigenvalue weighted by Crippen LogP contribution is -2.44. The third-order valence-corrected chi connectivity index (χ3v) is 8.72. The van der Waals surface area contributed by atoms with Crippen LogP contribution in [0, 0.1) is 6.92 Å². The van der Waals surface area contributed by atoms with E-state index < -0.39 is 18.2 Å². The quantitative estimate of drug-likeness (QED) is 0.630. The Morgan fingerprint density at radius 1 is 1.17 bits per heavy atom. The van der Waals surface area contributed by atoms with Crippen molar-refractivity contribution in [3.8, 4) is 0 Å². The third kappa shape index (κ3) is 2.39. The van der Waals surface area contributed by atoms with Gasteiger partial charge in [-0.15, -0.1) is 0 Å². The highest BCUT2D eigenvalue weighted by Gasteiger charge is 2.57. The summed E-state index contributed by atoms with van der Waals surface area (Å²) in [6.07, 6.45) is 1.74. The lowest BCUT2D eigenvalue weighted by atomic mass is 10.2. The molecule has 18 heavy (non-hydrogen) atoms. The Morgan fingerprint density at radius 3 is 2.17 bits per heavy atom. The summed E-state index contributed by atoms with van der Waals surface area (Å²) in [6.45, 7) is 8.28. The Hall–Kier alpha value is -0.653. The molecule has 0 spiro atoms. The zero-order valence-corrected chi connectivity index (χ0v) is 13.2. The van der Waals surface area contributed by atoms with Crippen molar-refractivity contribution < 1.29 is 12.6 Å². The molecule has 1 saturated carbocycles. The van der Waals surface area contributed by atoms with Gasteiger partial charge in [0.05, 0.1) is 18.2 Å². The molecule has 0 heterocycles. The first-order valence-corrected chi connectivity index (χ1v) is 11.1. The van der Waals surface area contributed by atoms with E-state index in [1.807, 2.05) is 6.07 Å². The molecule has 1 aromatic rings. The van der Waals surface area contributed by atoms with E-state index in [1.54, 1.807) is 25.1 Å². The zero-order valence-electron chi connectivity index (χ0n) is 11.4. The molecule has 0 bridgehead atoms. The molecule has 0 atom stereocenters. The molecule has 0 aromatic heterocycles. The zero-order chi connectivity index (χ0) is 13.6. The van der Waals surface area contributed by atoms with Crippen LogP contribution in [-0.2, 0) is 14.3 Å². The minimum absolute atomic E-state index is 0.300. The molecular weight excluding hydrogens is 264 g/mol. The summed E-state index contributed by atoms with van der Waals surface area (Å²) in [5, 5.41) is -0.381. The van der Waals surface area contributed by atoms with E-state index in [-0.39, 0.29) is 5.22 Å². The maximum atomic E-state index is 12.4. The molecule has 100 valence electrons. The van der Waals surface area contributed by atoms with Gasteiger partial charge in [-0.2, -0.15) is 8.42 Å². The summed E-state index contributed by atoms with van der Waals surface area (Å²) >= 11 is 0. The number of benzene rings is 1. The summed E-state index contributed by atoms with van der Waals surface area (Å²) in [5.41, 5.74) is 0.740. The molecule has 0 N–H and O–H groups in total. The summed E-state index contributed by atoms with van der Waals surface area (Å²) in [6, 6.07) is 6.98. The normalized spacial score (nSPS) is 18.7. The predicted molar refractivity (Wildman–Crippen MR) is 74.8 cm³/mol. The first kappa shape index (κ1) is 13.8. The smallest absolute Gasteiger partial charge is 0.263 e. The van der Waals surface area contributed by atoms with Crippen LogP contribution in [0.1, 0.15) is 18.4 Å². The second-order valence-electron chi connectivity index (χ2n) is 6.05. The Morgan fingerprint density at radius 2 is 1.72 bits per heavy atom. The van der Waals surface area contributed by atoms with Crippen molar-refractivity contribution in [3.05, 3.63) is 29.8 Å². The average Bonchev–Trinajstić information content (AvgIpc) is 2.97. The van der Waals surface area contributed by atoms with Crippen LogP contribution in [0.4, 0.5) is 0 Å². The molecule has 1 aliphatic carbocycles. The second kappa shape index (κ2) is 4.18. The van der Waals surface area contributed by atoms with E-state index >= 15 is 0 Å². The van der Waals surface area contributed by atoms with Crippen LogP contribution in [0.15, 0.2) is 29.2 Å². The Labute approximate surface area is 110 Å². The molecular formula is C13H20O3SSi. The van der Waals surface area contributed by atoms with Gasteiger partial charge >= 0.3 is 0 Å². The Bertz CT molecular complexity index is 554. The van der Waals surface area contributed by atoms with Gasteiger partial charge in [0.2, 0.25) is 0 Å². The van der Waals surface area contributed by atoms with Gasteiger partial charge in [0.25, 0.3) is 10.1 Å². The first-order valence-electron chi connectivity index (χ1n) is 6.19. The fraction of sp³-hybridized carbons (Fsp3) is 0.538. The van der Waals surface area contributed by atoms with E-state index in [1.165, 1.54) is 0 Å². The van der Waals surface area contributed by atoms with Gasteiger partial charge < -0.3 is 0 Å². The average molecular weight is 284 g/mol. The molecule has 0 unspecified atom stereocenters. The summed E-state index contributed by atoms with van der Waals surface area (Å²) in [4.78, 5) is 0.300. The van der Waals surface area contributed by atoms with Crippen molar-refractivity contribution in [3.63, 3.8) is 0 Å². The van der Waals surface area contributed by atoms with Gasteiger partial charge in [0.1, 0.15) is 0 Å². The van der Waals surface area contributed by atoms with Crippen LogP contribution < -0.4 is 0 Å². The summed E-state index contributed by atoms with van der Waals surface area (Å²) < 4.78 is 30.3. The van der Waals surface area contributed by atoms with Gasteiger partial charge in [-0.3, -0.25) is 4.18 Å². The highest BCUT2D eigenvalue weighted by Crippen LogP contribution is 2.49. The van der Waals surface area contributed by atoms with Crippen LogP contribution in [0.5, 0.6) is 0 Å².